The van der Waals surface area contributed by atoms with E-state index in [0.717, 1.165) is 12.0 Å². The summed E-state index contributed by atoms with van der Waals surface area (Å²) in [6, 6.07) is 7.35. The number of nitrogens with zero attached hydrogens (tertiary/aromatic N) is 1. The molecular weight excluding hydrogens is 292 g/mol. The van der Waals surface area contributed by atoms with Crippen molar-refractivity contribution >= 4 is 23.5 Å². The Morgan fingerprint density at radius 3 is 2.62 bits per heavy atom. The number of benzene rings is 1. The Hall–Kier alpha value is -1.59. The summed E-state index contributed by atoms with van der Waals surface area (Å²) in [6.07, 6.45) is 0.856. The van der Waals surface area contributed by atoms with Crippen LogP contribution in [0.25, 0.3) is 0 Å². The van der Waals surface area contributed by atoms with Gasteiger partial charge in [0.05, 0.1) is 20.2 Å². The summed E-state index contributed by atoms with van der Waals surface area (Å²) < 4.78 is 4.62. The van der Waals surface area contributed by atoms with Crippen molar-refractivity contribution in [2.75, 3.05) is 26.7 Å². The monoisotopic (exact) mass is 312 g/mol. The fourth-order valence-electron chi connectivity index (χ4n) is 1.87. The number of hydrogen-bond donors (Lipinski definition) is 1. The first-order valence-corrected chi connectivity index (χ1v) is 7.23. The van der Waals surface area contributed by atoms with Crippen molar-refractivity contribution in [1.29, 1.82) is 0 Å². The van der Waals surface area contributed by atoms with Crippen molar-refractivity contribution in [3.8, 4) is 0 Å². The molecule has 0 aliphatic heterocycles. The van der Waals surface area contributed by atoms with Crippen LogP contribution in [0.4, 0.5) is 0 Å². The number of rotatable bonds is 8. The molecule has 0 saturated carbocycles. The van der Waals surface area contributed by atoms with E-state index in [-0.39, 0.29) is 25.0 Å². The summed E-state index contributed by atoms with van der Waals surface area (Å²) in [5.41, 5.74) is 0.863. The van der Waals surface area contributed by atoms with Gasteiger partial charge in [-0.2, -0.15) is 0 Å². The van der Waals surface area contributed by atoms with Crippen LogP contribution in [0.1, 0.15) is 18.9 Å². The van der Waals surface area contributed by atoms with Crippen LogP contribution in [0.5, 0.6) is 0 Å². The summed E-state index contributed by atoms with van der Waals surface area (Å²) in [5.74, 6) is -0.491. The van der Waals surface area contributed by atoms with E-state index >= 15 is 0 Å². The van der Waals surface area contributed by atoms with E-state index < -0.39 is 0 Å². The molecule has 6 heteroatoms. The molecule has 0 atom stereocenters. The van der Waals surface area contributed by atoms with Crippen molar-refractivity contribution in [3.05, 3.63) is 34.9 Å². The topological polar surface area (TPSA) is 58.6 Å². The van der Waals surface area contributed by atoms with Crippen LogP contribution in [-0.2, 0) is 20.9 Å². The summed E-state index contributed by atoms with van der Waals surface area (Å²) >= 11 is 6.03. The standard InChI is InChI=1S/C15H21ClN2O3/c1-3-8-18(11-15(20)21-2)10-14(19)17-9-12-6-4-5-7-13(12)16/h4-7H,3,8-11H2,1-2H3,(H,17,19). The maximum absolute atomic E-state index is 11.9. The fourth-order valence-corrected chi connectivity index (χ4v) is 2.07. The summed E-state index contributed by atoms with van der Waals surface area (Å²) in [6.45, 7) is 3.30. The normalized spacial score (nSPS) is 10.5. The van der Waals surface area contributed by atoms with Gasteiger partial charge in [-0.3, -0.25) is 14.5 Å². The third-order valence-corrected chi connectivity index (χ3v) is 3.29. The van der Waals surface area contributed by atoms with Gasteiger partial charge in [0.15, 0.2) is 0 Å². The minimum absolute atomic E-state index is 0.115. The Labute approximate surface area is 130 Å². The maximum Gasteiger partial charge on any atom is 0.319 e. The molecule has 0 saturated heterocycles. The highest BCUT2D eigenvalue weighted by Crippen LogP contribution is 2.14. The molecule has 0 bridgehead atoms. The van der Waals surface area contributed by atoms with Crippen LogP contribution in [0.15, 0.2) is 24.3 Å². The van der Waals surface area contributed by atoms with Gasteiger partial charge in [-0.1, -0.05) is 36.7 Å². The molecule has 0 aromatic heterocycles. The van der Waals surface area contributed by atoms with E-state index in [1.807, 2.05) is 25.1 Å². The van der Waals surface area contributed by atoms with Crippen LogP contribution in [-0.4, -0.2) is 43.5 Å². The lowest BCUT2D eigenvalue weighted by atomic mass is 10.2. The van der Waals surface area contributed by atoms with Gasteiger partial charge < -0.3 is 10.1 Å². The predicted octanol–water partition coefficient (Wildman–Crippen LogP) is 1.84. The Balaban J connectivity index is 2.46. The highest BCUT2D eigenvalue weighted by Gasteiger charge is 2.14. The second kappa shape index (κ2) is 9.37. The third kappa shape index (κ3) is 6.60. The lowest BCUT2D eigenvalue weighted by molar-refractivity contribution is -0.142. The number of nitrogens with one attached hydrogen (secondary N) is 1. The van der Waals surface area contributed by atoms with Crippen LogP contribution in [0.3, 0.4) is 0 Å². The molecule has 0 unspecified atom stereocenters. The van der Waals surface area contributed by atoms with Gasteiger partial charge in [0, 0.05) is 11.6 Å². The van der Waals surface area contributed by atoms with Crippen LogP contribution >= 0.6 is 11.6 Å². The minimum Gasteiger partial charge on any atom is -0.468 e. The Bertz CT molecular complexity index is 480. The first-order chi connectivity index (χ1) is 10.1. The van der Waals surface area contributed by atoms with Crippen molar-refractivity contribution in [2.45, 2.75) is 19.9 Å². The van der Waals surface area contributed by atoms with Crippen molar-refractivity contribution in [2.24, 2.45) is 0 Å². The highest BCUT2D eigenvalue weighted by molar-refractivity contribution is 6.31. The van der Waals surface area contributed by atoms with Gasteiger partial charge in [0.2, 0.25) is 5.91 Å². The maximum atomic E-state index is 11.9. The molecule has 1 amide bonds. The van der Waals surface area contributed by atoms with E-state index in [1.54, 1.807) is 11.0 Å². The van der Waals surface area contributed by atoms with Crippen molar-refractivity contribution in [3.63, 3.8) is 0 Å². The molecule has 21 heavy (non-hydrogen) atoms. The first kappa shape index (κ1) is 17.5. The molecular formula is C15H21ClN2O3. The van der Waals surface area contributed by atoms with Gasteiger partial charge in [0.1, 0.15) is 0 Å². The van der Waals surface area contributed by atoms with E-state index in [0.29, 0.717) is 18.1 Å². The van der Waals surface area contributed by atoms with Gasteiger partial charge in [0.25, 0.3) is 0 Å². The molecule has 0 radical (unpaired) electrons. The van der Waals surface area contributed by atoms with Crippen LogP contribution in [0.2, 0.25) is 5.02 Å². The number of hydrogen-bond acceptors (Lipinski definition) is 4. The number of halogens is 1. The van der Waals surface area contributed by atoms with Crippen LogP contribution < -0.4 is 5.32 Å². The highest BCUT2D eigenvalue weighted by atomic mass is 35.5. The molecule has 1 N–H and O–H groups in total. The number of ether oxygens (including phenoxy) is 1. The molecule has 1 rings (SSSR count). The quantitative estimate of drug-likeness (QED) is 0.744. The summed E-state index contributed by atoms with van der Waals surface area (Å²) in [7, 11) is 1.34. The van der Waals surface area contributed by atoms with E-state index in [2.05, 4.69) is 10.1 Å². The number of carbonyl (C=O) groups excluding carboxylic acids is 2. The molecule has 1 aromatic rings. The lowest BCUT2D eigenvalue weighted by Crippen LogP contribution is -2.40. The molecule has 0 fully saturated rings. The molecule has 0 spiro atoms. The van der Waals surface area contributed by atoms with Gasteiger partial charge in [-0.15, -0.1) is 0 Å². The van der Waals surface area contributed by atoms with Crippen molar-refractivity contribution in [1.82, 2.24) is 10.2 Å². The zero-order valence-corrected chi connectivity index (χ0v) is 13.2. The second-order valence-electron chi connectivity index (χ2n) is 4.65. The molecule has 5 nitrogen and oxygen atoms in total. The Kier molecular flexibility index (Phi) is 7.79. The average Bonchev–Trinajstić information content (AvgIpc) is 2.46. The SMILES string of the molecule is CCCN(CC(=O)NCc1ccccc1Cl)CC(=O)OC. The Morgan fingerprint density at radius 1 is 1.29 bits per heavy atom. The lowest BCUT2D eigenvalue weighted by Gasteiger charge is -2.19. The number of amides is 1. The molecule has 0 aliphatic rings. The molecule has 0 heterocycles. The van der Waals surface area contributed by atoms with Gasteiger partial charge in [-0.25, -0.2) is 0 Å². The van der Waals surface area contributed by atoms with Crippen LogP contribution in [0, 0.1) is 0 Å². The zero-order valence-electron chi connectivity index (χ0n) is 12.4. The van der Waals surface area contributed by atoms with E-state index in [4.69, 9.17) is 11.6 Å². The second-order valence-corrected chi connectivity index (χ2v) is 5.06. The van der Waals surface area contributed by atoms with E-state index in [1.165, 1.54) is 7.11 Å². The number of carbonyl (C=O) groups is 2. The summed E-state index contributed by atoms with van der Waals surface area (Å²) in [5, 5.41) is 3.43. The Morgan fingerprint density at radius 2 is 2.00 bits per heavy atom. The molecule has 0 aliphatic carbocycles. The number of methoxy groups -OCH3 is 1. The molecule has 1 aromatic carbocycles. The zero-order chi connectivity index (χ0) is 15.7. The fraction of sp³-hybridized carbons (Fsp3) is 0.467. The smallest absolute Gasteiger partial charge is 0.319 e. The van der Waals surface area contributed by atoms with Gasteiger partial charge >= 0.3 is 5.97 Å². The summed E-state index contributed by atoms with van der Waals surface area (Å²) in [4.78, 5) is 25.0. The average molecular weight is 313 g/mol. The minimum atomic E-state index is -0.345. The van der Waals surface area contributed by atoms with Crippen molar-refractivity contribution < 1.29 is 14.3 Å². The first-order valence-electron chi connectivity index (χ1n) is 6.86. The third-order valence-electron chi connectivity index (χ3n) is 2.92. The number of esters is 1. The van der Waals surface area contributed by atoms with Gasteiger partial charge in [-0.05, 0) is 24.6 Å². The molecule has 116 valence electrons. The predicted molar refractivity (Wildman–Crippen MR) is 82.0 cm³/mol. The largest absolute Gasteiger partial charge is 0.468 e. The van der Waals surface area contributed by atoms with E-state index in [9.17, 15) is 9.59 Å².